The maximum atomic E-state index is 11.8. The highest BCUT2D eigenvalue weighted by Crippen LogP contribution is 2.63. The van der Waals surface area contributed by atoms with Crippen molar-refractivity contribution in [1.29, 1.82) is 0 Å². The molecular weight excluding hydrogens is 456 g/mol. The Labute approximate surface area is 213 Å². The van der Waals surface area contributed by atoms with Gasteiger partial charge in [-0.1, -0.05) is 45.2 Å². The van der Waals surface area contributed by atoms with Crippen molar-refractivity contribution >= 4 is 22.7 Å². The van der Waals surface area contributed by atoms with E-state index in [4.69, 9.17) is 18.9 Å². The van der Waals surface area contributed by atoms with Gasteiger partial charge >= 0.3 is 11.9 Å². The summed E-state index contributed by atoms with van der Waals surface area (Å²) in [5.41, 5.74) is 4.37. The number of fused-ring (bicyclic) bond motifs is 6. The lowest BCUT2D eigenvalue weighted by atomic mass is 9.81. The van der Waals surface area contributed by atoms with Crippen molar-refractivity contribution in [1.82, 2.24) is 0 Å². The number of hydrogen-bond acceptors (Lipinski definition) is 6. The summed E-state index contributed by atoms with van der Waals surface area (Å²) in [6.45, 7) is 15.8. The van der Waals surface area contributed by atoms with Crippen LogP contribution < -0.4 is 9.47 Å². The van der Waals surface area contributed by atoms with Crippen molar-refractivity contribution < 1.29 is 28.5 Å². The molecule has 2 aromatic rings. The average Bonchev–Trinajstić information content (AvgIpc) is 3.41. The molecular formula is C30H36O6. The van der Waals surface area contributed by atoms with E-state index in [1.807, 2.05) is 0 Å². The molecule has 0 amide bonds. The van der Waals surface area contributed by atoms with E-state index < -0.39 is 11.9 Å². The molecule has 2 aliphatic carbocycles. The lowest BCUT2D eigenvalue weighted by Crippen LogP contribution is -2.17. The summed E-state index contributed by atoms with van der Waals surface area (Å²) < 4.78 is 23.4. The Balaban J connectivity index is 1.71. The van der Waals surface area contributed by atoms with Crippen LogP contribution in [-0.4, -0.2) is 38.4 Å². The molecule has 6 nitrogen and oxygen atoms in total. The van der Waals surface area contributed by atoms with E-state index in [1.54, 1.807) is 13.8 Å². The standard InChI is InChI=1S/C30H36O6/c1-7-20-9-8-10-22-24(20)28(34-12-14-36-30(32)18(4)5)25-21-15-19(6)23(16-21)26(25)27(22)33-11-13-35-29(31)17(2)3/h8-10,19,21,23H,2,4,7,11-16H2,1,3,5-6H3. The maximum absolute atomic E-state index is 11.8. The molecule has 1 fully saturated rings. The van der Waals surface area contributed by atoms with Gasteiger partial charge in [-0.25, -0.2) is 9.59 Å². The Morgan fingerprint density at radius 3 is 2.08 bits per heavy atom. The minimum atomic E-state index is -0.411. The first-order valence-corrected chi connectivity index (χ1v) is 12.8. The molecule has 0 heterocycles. The van der Waals surface area contributed by atoms with Crippen LogP contribution in [0.25, 0.3) is 10.8 Å². The van der Waals surface area contributed by atoms with Crippen LogP contribution in [0.1, 0.15) is 69.1 Å². The molecule has 0 aliphatic heterocycles. The third-order valence-electron chi connectivity index (χ3n) is 7.27. The van der Waals surface area contributed by atoms with E-state index in [1.165, 1.54) is 16.7 Å². The van der Waals surface area contributed by atoms with E-state index in [2.05, 4.69) is 45.2 Å². The van der Waals surface area contributed by atoms with Gasteiger partial charge in [0, 0.05) is 33.0 Å². The number of benzene rings is 2. The van der Waals surface area contributed by atoms with Crippen molar-refractivity contribution in [3.8, 4) is 11.5 Å². The number of hydrogen-bond donors (Lipinski definition) is 0. The predicted octanol–water partition coefficient (Wildman–Crippen LogP) is 6.01. The van der Waals surface area contributed by atoms with Crippen LogP contribution in [0.5, 0.6) is 11.5 Å². The van der Waals surface area contributed by atoms with E-state index in [9.17, 15) is 9.59 Å². The predicted molar refractivity (Wildman–Crippen MR) is 140 cm³/mol. The van der Waals surface area contributed by atoms with Gasteiger partial charge in [0.25, 0.3) is 0 Å². The molecule has 2 aliphatic rings. The topological polar surface area (TPSA) is 71.1 Å². The minimum Gasteiger partial charge on any atom is -0.489 e. The number of esters is 2. The second-order valence-corrected chi connectivity index (χ2v) is 9.96. The van der Waals surface area contributed by atoms with E-state index in [0.717, 1.165) is 41.5 Å². The zero-order valence-electron chi connectivity index (χ0n) is 21.8. The van der Waals surface area contributed by atoms with Crippen LogP contribution >= 0.6 is 0 Å². The maximum Gasteiger partial charge on any atom is 0.333 e. The third kappa shape index (κ3) is 4.86. The van der Waals surface area contributed by atoms with Gasteiger partial charge in [0.2, 0.25) is 0 Å². The van der Waals surface area contributed by atoms with Gasteiger partial charge in [-0.2, -0.15) is 0 Å². The first kappa shape index (κ1) is 25.8. The fourth-order valence-electron chi connectivity index (χ4n) is 5.64. The number of carbonyl (C=O) groups excluding carboxylic acids is 2. The van der Waals surface area contributed by atoms with E-state index >= 15 is 0 Å². The van der Waals surface area contributed by atoms with Crippen LogP contribution in [0.3, 0.4) is 0 Å². The molecule has 192 valence electrons. The van der Waals surface area contributed by atoms with Crippen LogP contribution in [0.15, 0.2) is 42.5 Å². The Kier molecular flexibility index (Phi) is 7.72. The molecule has 4 rings (SSSR count). The number of ether oxygens (including phenoxy) is 4. The van der Waals surface area contributed by atoms with Crippen LogP contribution in [0, 0.1) is 5.92 Å². The molecule has 0 N–H and O–H groups in total. The minimum absolute atomic E-state index is 0.158. The van der Waals surface area contributed by atoms with Crippen LogP contribution in [0.2, 0.25) is 0 Å². The lowest BCUT2D eigenvalue weighted by Gasteiger charge is -2.28. The fraction of sp³-hybridized carbons (Fsp3) is 0.467. The summed E-state index contributed by atoms with van der Waals surface area (Å²) in [4.78, 5) is 23.6. The van der Waals surface area contributed by atoms with E-state index in [-0.39, 0.29) is 26.4 Å². The summed E-state index contributed by atoms with van der Waals surface area (Å²) in [6.07, 6.45) is 3.04. The van der Waals surface area contributed by atoms with Crippen molar-refractivity contribution in [3.63, 3.8) is 0 Å². The Hall–Kier alpha value is -3.28. The van der Waals surface area contributed by atoms with Gasteiger partial charge in [-0.3, -0.25) is 0 Å². The number of rotatable bonds is 11. The van der Waals surface area contributed by atoms with Crippen molar-refractivity contribution in [3.05, 3.63) is 59.2 Å². The molecule has 0 saturated heterocycles. The Bertz CT molecular complexity index is 1210. The zero-order valence-corrected chi connectivity index (χ0v) is 21.8. The molecule has 0 radical (unpaired) electrons. The van der Waals surface area contributed by atoms with Crippen molar-refractivity contribution in [2.45, 2.75) is 58.8 Å². The molecule has 2 aromatic carbocycles. The summed E-state index contributed by atoms with van der Waals surface area (Å²) in [5, 5.41) is 2.06. The van der Waals surface area contributed by atoms with Gasteiger partial charge in [0.15, 0.2) is 0 Å². The summed E-state index contributed by atoms with van der Waals surface area (Å²) in [5.74, 6) is 2.31. The SMILES string of the molecule is C=C(C)C(=O)OCCOc1c2c(c(OCCOC(=O)C(=C)C)c3c(CC)cccc13)C1CC(C)C2C1. The quantitative estimate of drug-likeness (QED) is 0.217. The summed E-state index contributed by atoms with van der Waals surface area (Å²) >= 11 is 0. The van der Waals surface area contributed by atoms with Crippen LogP contribution in [-0.2, 0) is 25.5 Å². The normalized spacial score (nSPS) is 19.6. The molecule has 0 spiro atoms. The second kappa shape index (κ2) is 10.8. The van der Waals surface area contributed by atoms with Crippen molar-refractivity contribution in [2.75, 3.05) is 26.4 Å². The first-order chi connectivity index (χ1) is 17.2. The van der Waals surface area contributed by atoms with E-state index in [0.29, 0.717) is 28.9 Å². The molecule has 3 atom stereocenters. The Morgan fingerprint density at radius 1 is 0.889 bits per heavy atom. The van der Waals surface area contributed by atoms with Gasteiger partial charge in [-0.15, -0.1) is 0 Å². The molecule has 3 unspecified atom stereocenters. The molecule has 2 bridgehead atoms. The third-order valence-corrected chi connectivity index (χ3v) is 7.27. The monoisotopic (exact) mass is 492 g/mol. The summed E-state index contributed by atoms with van der Waals surface area (Å²) in [7, 11) is 0. The fourth-order valence-corrected chi connectivity index (χ4v) is 5.64. The number of aryl methyl sites for hydroxylation is 1. The smallest absolute Gasteiger partial charge is 0.333 e. The largest absolute Gasteiger partial charge is 0.489 e. The highest BCUT2D eigenvalue weighted by molar-refractivity contribution is 5.99. The lowest BCUT2D eigenvalue weighted by molar-refractivity contribution is -0.140. The molecule has 36 heavy (non-hydrogen) atoms. The highest BCUT2D eigenvalue weighted by atomic mass is 16.6. The highest BCUT2D eigenvalue weighted by Gasteiger charge is 2.46. The van der Waals surface area contributed by atoms with Gasteiger partial charge in [0.1, 0.15) is 37.9 Å². The summed E-state index contributed by atoms with van der Waals surface area (Å²) in [6, 6.07) is 6.25. The van der Waals surface area contributed by atoms with Crippen LogP contribution in [0.4, 0.5) is 0 Å². The average molecular weight is 493 g/mol. The van der Waals surface area contributed by atoms with Gasteiger partial charge in [-0.05, 0) is 56.4 Å². The van der Waals surface area contributed by atoms with Gasteiger partial charge in [0.05, 0.1) is 0 Å². The van der Waals surface area contributed by atoms with Gasteiger partial charge < -0.3 is 18.9 Å². The molecule has 6 heteroatoms. The Morgan fingerprint density at radius 2 is 1.50 bits per heavy atom. The zero-order chi connectivity index (χ0) is 26.0. The molecule has 1 saturated carbocycles. The molecule has 0 aromatic heterocycles. The number of carbonyl (C=O) groups is 2. The second-order valence-electron chi connectivity index (χ2n) is 9.96. The van der Waals surface area contributed by atoms with Crippen molar-refractivity contribution in [2.24, 2.45) is 5.92 Å². The first-order valence-electron chi connectivity index (χ1n) is 12.8.